The van der Waals surface area contributed by atoms with Gasteiger partial charge in [-0.3, -0.25) is 15.0 Å². The molecule has 3 amide bonds. The van der Waals surface area contributed by atoms with Crippen molar-refractivity contribution in [2.45, 2.75) is 6.42 Å². The lowest BCUT2D eigenvalue weighted by Crippen LogP contribution is -2.50. The van der Waals surface area contributed by atoms with Gasteiger partial charge in [0.05, 0.1) is 11.8 Å². The molecule has 0 atom stereocenters. The number of rotatable bonds is 2. The molecular weight excluding hydrogens is 276 g/mol. The van der Waals surface area contributed by atoms with Gasteiger partial charge in [-0.1, -0.05) is 0 Å². The number of urea groups is 1. The van der Waals surface area contributed by atoms with E-state index in [1.54, 1.807) is 6.07 Å². The molecule has 106 valence electrons. The highest BCUT2D eigenvalue weighted by atomic mass is 16.4. The van der Waals surface area contributed by atoms with Crippen LogP contribution >= 0.6 is 0 Å². The van der Waals surface area contributed by atoms with Gasteiger partial charge in [-0.2, -0.15) is 5.10 Å². The first-order chi connectivity index (χ1) is 10.1. The van der Waals surface area contributed by atoms with Crippen LogP contribution in [0.15, 0.2) is 24.4 Å². The maximum Gasteiger partial charge on any atom is 0.335 e. The SMILES string of the molecule is O=C1CCN(c2nncc3cc(C(=O)O)ccc23)C(=O)N1. The summed E-state index contributed by atoms with van der Waals surface area (Å²) in [4.78, 5) is 35.3. The van der Waals surface area contributed by atoms with Gasteiger partial charge in [0.2, 0.25) is 5.91 Å². The molecule has 2 aromatic rings. The van der Waals surface area contributed by atoms with Crippen molar-refractivity contribution in [2.75, 3.05) is 11.4 Å². The molecular formula is C13H10N4O4. The summed E-state index contributed by atoms with van der Waals surface area (Å²) in [6.45, 7) is 0.207. The number of carboxylic acids is 1. The van der Waals surface area contributed by atoms with Crippen LogP contribution in [-0.2, 0) is 4.79 Å². The number of nitrogens with zero attached hydrogens (tertiary/aromatic N) is 3. The number of fused-ring (bicyclic) bond motifs is 1. The van der Waals surface area contributed by atoms with E-state index >= 15 is 0 Å². The van der Waals surface area contributed by atoms with Crippen LogP contribution in [0.5, 0.6) is 0 Å². The summed E-state index contributed by atoms with van der Waals surface area (Å²) >= 11 is 0. The topological polar surface area (TPSA) is 112 Å². The minimum Gasteiger partial charge on any atom is -0.478 e. The molecule has 0 saturated carbocycles. The van der Waals surface area contributed by atoms with Gasteiger partial charge in [0.25, 0.3) is 0 Å². The Morgan fingerprint density at radius 3 is 2.86 bits per heavy atom. The van der Waals surface area contributed by atoms with Gasteiger partial charge in [0.15, 0.2) is 5.82 Å². The van der Waals surface area contributed by atoms with E-state index in [1.165, 1.54) is 23.2 Å². The van der Waals surface area contributed by atoms with Crippen LogP contribution < -0.4 is 10.2 Å². The number of hydrogen-bond donors (Lipinski definition) is 2. The van der Waals surface area contributed by atoms with Gasteiger partial charge in [0.1, 0.15) is 0 Å². The van der Waals surface area contributed by atoms with Crippen LogP contribution in [0.4, 0.5) is 10.6 Å². The molecule has 3 rings (SSSR count). The van der Waals surface area contributed by atoms with Crippen molar-refractivity contribution >= 4 is 34.5 Å². The number of hydrogen-bond acceptors (Lipinski definition) is 5. The van der Waals surface area contributed by atoms with Crippen LogP contribution in [0.2, 0.25) is 0 Å². The van der Waals surface area contributed by atoms with Gasteiger partial charge >= 0.3 is 12.0 Å². The number of carboxylic acid groups (broad SMARTS) is 1. The van der Waals surface area contributed by atoms with Crippen molar-refractivity contribution < 1.29 is 19.5 Å². The summed E-state index contributed by atoms with van der Waals surface area (Å²) in [6, 6.07) is 3.91. The Balaban J connectivity index is 2.09. The molecule has 2 N–H and O–H groups in total. The van der Waals surface area contributed by atoms with Gasteiger partial charge in [-0.15, -0.1) is 5.10 Å². The fourth-order valence-electron chi connectivity index (χ4n) is 2.17. The van der Waals surface area contributed by atoms with Gasteiger partial charge in [-0.05, 0) is 18.2 Å². The molecule has 0 unspecified atom stereocenters. The molecule has 1 aliphatic heterocycles. The van der Waals surface area contributed by atoms with Crippen LogP contribution in [0.25, 0.3) is 10.8 Å². The zero-order valence-corrected chi connectivity index (χ0v) is 10.7. The normalized spacial score (nSPS) is 15.1. The highest BCUT2D eigenvalue weighted by Gasteiger charge is 2.26. The molecule has 1 aliphatic rings. The summed E-state index contributed by atoms with van der Waals surface area (Å²) in [5, 5.41) is 20.1. The Kier molecular flexibility index (Phi) is 2.98. The number of nitrogens with one attached hydrogen (secondary N) is 1. The van der Waals surface area contributed by atoms with Crippen molar-refractivity contribution in [3.63, 3.8) is 0 Å². The molecule has 1 saturated heterocycles. The summed E-state index contributed by atoms with van der Waals surface area (Å²) < 4.78 is 0. The number of benzene rings is 1. The molecule has 2 heterocycles. The quantitative estimate of drug-likeness (QED) is 0.843. The van der Waals surface area contributed by atoms with E-state index < -0.39 is 12.0 Å². The van der Waals surface area contributed by atoms with Crippen molar-refractivity contribution in [3.05, 3.63) is 30.0 Å². The third-order valence-electron chi connectivity index (χ3n) is 3.20. The summed E-state index contributed by atoms with van der Waals surface area (Å²) in [5.74, 6) is -1.08. The largest absolute Gasteiger partial charge is 0.478 e. The third kappa shape index (κ3) is 2.27. The maximum atomic E-state index is 11.9. The number of imide groups is 1. The molecule has 0 bridgehead atoms. The molecule has 1 fully saturated rings. The minimum absolute atomic E-state index is 0.125. The Morgan fingerprint density at radius 1 is 1.33 bits per heavy atom. The third-order valence-corrected chi connectivity index (χ3v) is 3.20. The number of amides is 3. The van der Waals surface area contributed by atoms with Crippen LogP contribution in [0.1, 0.15) is 16.8 Å². The number of carbonyl (C=O) groups is 3. The van der Waals surface area contributed by atoms with Crippen molar-refractivity contribution in [1.29, 1.82) is 0 Å². The number of aromatic nitrogens is 2. The number of aromatic carboxylic acids is 1. The first kappa shape index (κ1) is 13.0. The molecule has 8 heteroatoms. The predicted octanol–water partition coefficient (Wildman–Crippen LogP) is 0.774. The Morgan fingerprint density at radius 2 is 2.14 bits per heavy atom. The average molecular weight is 286 g/mol. The maximum absolute atomic E-state index is 11.9. The first-order valence-corrected chi connectivity index (χ1v) is 6.16. The lowest BCUT2D eigenvalue weighted by molar-refractivity contribution is -0.120. The Hall–Kier alpha value is -3.03. The molecule has 21 heavy (non-hydrogen) atoms. The van der Waals surface area contributed by atoms with Crippen LogP contribution in [0, 0.1) is 0 Å². The zero-order valence-electron chi connectivity index (χ0n) is 10.7. The second-order valence-corrected chi connectivity index (χ2v) is 4.53. The predicted molar refractivity (Wildman–Crippen MR) is 72.0 cm³/mol. The van der Waals surface area contributed by atoms with Crippen molar-refractivity contribution in [3.8, 4) is 0 Å². The smallest absolute Gasteiger partial charge is 0.335 e. The number of carbonyl (C=O) groups excluding carboxylic acids is 2. The lowest BCUT2D eigenvalue weighted by atomic mass is 10.1. The highest BCUT2D eigenvalue weighted by molar-refractivity contribution is 6.09. The van der Waals surface area contributed by atoms with Gasteiger partial charge in [0, 0.05) is 23.7 Å². The van der Waals surface area contributed by atoms with Crippen molar-refractivity contribution in [2.24, 2.45) is 0 Å². The zero-order chi connectivity index (χ0) is 15.0. The molecule has 1 aromatic heterocycles. The highest BCUT2D eigenvalue weighted by Crippen LogP contribution is 2.25. The Labute approximate surface area is 118 Å². The molecule has 0 radical (unpaired) electrons. The van der Waals surface area contributed by atoms with Gasteiger partial charge in [-0.25, -0.2) is 9.59 Å². The molecule has 8 nitrogen and oxygen atoms in total. The summed E-state index contributed by atoms with van der Waals surface area (Å²) in [5.41, 5.74) is 0.125. The molecule has 0 aliphatic carbocycles. The first-order valence-electron chi connectivity index (χ1n) is 6.16. The monoisotopic (exact) mass is 286 g/mol. The van der Waals surface area contributed by atoms with Crippen LogP contribution in [-0.4, -0.2) is 39.8 Å². The average Bonchev–Trinajstić information content (AvgIpc) is 2.46. The fourth-order valence-corrected chi connectivity index (χ4v) is 2.17. The fraction of sp³-hybridized carbons (Fsp3) is 0.154. The Bertz CT molecular complexity index is 774. The van der Waals surface area contributed by atoms with E-state index in [-0.39, 0.29) is 24.4 Å². The standard InChI is InChI=1S/C13H10N4O4/c18-10-3-4-17(13(21)15-10)11-9-2-1-7(12(19)20)5-8(9)6-14-16-11/h1-2,5-6H,3-4H2,(H,19,20)(H,15,18,21). The molecule has 0 spiro atoms. The second kappa shape index (κ2) is 4.82. The van der Waals surface area contributed by atoms with E-state index in [4.69, 9.17) is 5.11 Å². The van der Waals surface area contributed by atoms with E-state index in [0.29, 0.717) is 16.6 Å². The lowest BCUT2D eigenvalue weighted by Gasteiger charge is -2.25. The van der Waals surface area contributed by atoms with E-state index in [9.17, 15) is 14.4 Å². The minimum atomic E-state index is -1.04. The van der Waals surface area contributed by atoms with Gasteiger partial charge < -0.3 is 5.11 Å². The number of anilines is 1. The second-order valence-electron chi connectivity index (χ2n) is 4.53. The molecule has 1 aromatic carbocycles. The van der Waals surface area contributed by atoms with E-state index in [2.05, 4.69) is 15.5 Å². The van der Waals surface area contributed by atoms with E-state index in [1.807, 2.05) is 0 Å². The van der Waals surface area contributed by atoms with Crippen LogP contribution in [0.3, 0.4) is 0 Å². The summed E-state index contributed by atoms with van der Waals surface area (Å²) in [6.07, 6.45) is 1.61. The summed E-state index contributed by atoms with van der Waals surface area (Å²) in [7, 11) is 0. The van der Waals surface area contributed by atoms with Crippen molar-refractivity contribution in [1.82, 2.24) is 15.5 Å². The van der Waals surface area contributed by atoms with E-state index in [0.717, 1.165) is 0 Å².